The number of nitriles is 1. The van der Waals surface area contributed by atoms with Gasteiger partial charge in [-0.25, -0.2) is 0 Å². The van der Waals surface area contributed by atoms with Crippen LogP contribution < -0.4 is 14.5 Å². The Balaban J connectivity index is 1.34. The lowest BCUT2D eigenvalue weighted by Crippen LogP contribution is -2.55. The van der Waals surface area contributed by atoms with Crippen molar-refractivity contribution >= 4 is 28.2 Å². The molecular formula is C32H38N8O2. The lowest BCUT2D eigenvalue weighted by Gasteiger charge is -2.42. The SMILES string of the molecule is C=CC(=O)N1CCN(c2nc(OC[C@@H]3CCCN3C)nc3c2CCN(c2cncc4cccc([14CH3])c24)C3)C[C@@H]1CC#N. The van der Waals surface area contributed by atoms with E-state index in [1.807, 2.05) is 12.4 Å². The zero-order chi connectivity index (χ0) is 29.2. The number of benzene rings is 1. The van der Waals surface area contributed by atoms with E-state index in [-0.39, 0.29) is 18.4 Å². The molecule has 2 fully saturated rings. The highest BCUT2D eigenvalue weighted by molar-refractivity contribution is 5.96. The summed E-state index contributed by atoms with van der Waals surface area (Å²) in [4.78, 5) is 35.7. The molecule has 0 spiro atoms. The van der Waals surface area contributed by atoms with Crippen molar-refractivity contribution in [2.24, 2.45) is 0 Å². The Kier molecular flexibility index (Phi) is 7.94. The summed E-state index contributed by atoms with van der Waals surface area (Å²) in [6.45, 7) is 10.5. The fourth-order valence-electron chi connectivity index (χ4n) is 6.66. The summed E-state index contributed by atoms with van der Waals surface area (Å²) < 4.78 is 6.29. The van der Waals surface area contributed by atoms with Crippen LogP contribution >= 0.6 is 0 Å². The molecule has 5 heterocycles. The van der Waals surface area contributed by atoms with Crippen LogP contribution in [-0.4, -0.2) is 89.1 Å². The number of anilines is 2. The number of aromatic nitrogens is 3. The zero-order valence-electron chi connectivity index (χ0n) is 24.5. The van der Waals surface area contributed by atoms with E-state index < -0.39 is 0 Å². The van der Waals surface area contributed by atoms with Gasteiger partial charge in [0.25, 0.3) is 0 Å². The standard InChI is InChI=1S/C32H38N8O2/c1-4-29(41)40-16-15-39(19-24(40)10-12-33)31-26-11-14-38(28-18-34-17-23-8-5-7-22(2)30(23)28)20-27(26)35-32(36-31)42-21-25-9-6-13-37(25)3/h4-5,7-8,17-18,24-25H,1,6,9-11,13-16,19-21H2,2-3H3/t24-,25-/m0/s1/i2+2. The number of nitrogens with zero attached hydrogens (tertiary/aromatic N) is 8. The molecule has 3 aliphatic rings. The van der Waals surface area contributed by atoms with Crippen molar-refractivity contribution in [2.45, 2.75) is 51.2 Å². The Morgan fingerprint density at radius 1 is 1.19 bits per heavy atom. The predicted molar refractivity (Wildman–Crippen MR) is 163 cm³/mol. The van der Waals surface area contributed by atoms with Crippen LogP contribution in [-0.2, 0) is 17.8 Å². The molecule has 3 aromatic rings. The maximum atomic E-state index is 12.5. The molecule has 6 rings (SSSR count). The van der Waals surface area contributed by atoms with Gasteiger partial charge in [0.05, 0.1) is 42.7 Å². The van der Waals surface area contributed by atoms with E-state index in [1.54, 1.807) is 4.90 Å². The summed E-state index contributed by atoms with van der Waals surface area (Å²) in [7, 11) is 2.14. The van der Waals surface area contributed by atoms with Crippen molar-refractivity contribution in [1.29, 1.82) is 5.26 Å². The van der Waals surface area contributed by atoms with Gasteiger partial charge in [0, 0.05) is 54.8 Å². The van der Waals surface area contributed by atoms with E-state index in [2.05, 4.69) is 64.5 Å². The third-order valence-corrected chi connectivity index (χ3v) is 8.98. The molecule has 2 saturated heterocycles. The normalized spacial score (nSPS) is 20.8. The van der Waals surface area contributed by atoms with Gasteiger partial charge in [-0.05, 0) is 51.4 Å². The number of carbonyl (C=O) groups excluding carboxylic acids is 1. The molecule has 1 aromatic carbocycles. The number of pyridine rings is 1. The molecule has 0 unspecified atom stereocenters. The van der Waals surface area contributed by atoms with Crippen LogP contribution in [0.5, 0.6) is 6.01 Å². The van der Waals surface area contributed by atoms with E-state index in [0.29, 0.717) is 44.8 Å². The molecule has 3 aliphatic heterocycles. The number of rotatable bonds is 7. The van der Waals surface area contributed by atoms with Crippen LogP contribution in [0.2, 0.25) is 0 Å². The number of ether oxygens (including phenoxy) is 1. The minimum absolute atomic E-state index is 0.140. The number of fused-ring (bicyclic) bond motifs is 2. The first kappa shape index (κ1) is 27.9. The van der Waals surface area contributed by atoms with E-state index >= 15 is 0 Å². The molecule has 2 aromatic heterocycles. The van der Waals surface area contributed by atoms with Gasteiger partial charge in [0.1, 0.15) is 12.4 Å². The number of likely N-dealkylation sites (tertiary alicyclic amines) is 1. The van der Waals surface area contributed by atoms with Gasteiger partial charge in [0.15, 0.2) is 0 Å². The van der Waals surface area contributed by atoms with Crippen molar-refractivity contribution in [3.63, 3.8) is 0 Å². The molecule has 0 bridgehead atoms. The average molecular weight is 569 g/mol. The molecule has 1 amide bonds. The Morgan fingerprint density at radius 2 is 2.07 bits per heavy atom. The fraction of sp³-hybridized carbons (Fsp3) is 0.469. The van der Waals surface area contributed by atoms with Crippen molar-refractivity contribution in [3.8, 4) is 12.1 Å². The Bertz CT molecular complexity index is 1530. The van der Waals surface area contributed by atoms with Gasteiger partial charge in [-0.15, -0.1) is 0 Å². The van der Waals surface area contributed by atoms with E-state index in [1.165, 1.54) is 23.4 Å². The lowest BCUT2D eigenvalue weighted by molar-refractivity contribution is -0.128. The van der Waals surface area contributed by atoms with Gasteiger partial charge in [0.2, 0.25) is 5.91 Å². The van der Waals surface area contributed by atoms with Crippen molar-refractivity contribution < 1.29 is 9.53 Å². The Morgan fingerprint density at radius 3 is 2.86 bits per heavy atom. The van der Waals surface area contributed by atoms with E-state index in [0.717, 1.165) is 54.1 Å². The molecule has 0 N–H and O–H groups in total. The molecule has 0 aliphatic carbocycles. The summed E-state index contributed by atoms with van der Waals surface area (Å²) in [6.07, 6.45) is 8.50. The summed E-state index contributed by atoms with van der Waals surface area (Å²) in [5.74, 6) is 0.717. The molecule has 2 atom stereocenters. The maximum absolute atomic E-state index is 12.5. The molecular weight excluding hydrogens is 530 g/mol. The van der Waals surface area contributed by atoms with Gasteiger partial charge < -0.3 is 24.3 Å². The number of amides is 1. The number of piperazine rings is 1. The quantitative estimate of drug-likeness (QED) is 0.397. The second-order valence-electron chi connectivity index (χ2n) is 11.5. The fourth-order valence-corrected chi connectivity index (χ4v) is 6.66. The second-order valence-corrected chi connectivity index (χ2v) is 11.5. The molecule has 218 valence electrons. The van der Waals surface area contributed by atoms with Crippen LogP contribution in [0.1, 0.15) is 36.1 Å². The van der Waals surface area contributed by atoms with Gasteiger partial charge in [-0.1, -0.05) is 24.8 Å². The zero-order valence-corrected chi connectivity index (χ0v) is 24.5. The topological polar surface area (TPSA) is 102 Å². The van der Waals surface area contributed by atoms with E-state index in [4.69, 9.17) is 14.7 Å². The second kappa shape index (κ2) is 11.9. The number of hydrogen-bond acceptors (Lipinski definition) is 9. The largest absolute Gasteiger partial charge is 0.462 e. The Hall–Kier alpha value is -4.23. The average Bonchev–Trinajstić information content (AvgIpc) is 3.43. The molecule has 10 nitrogen and oxygen atoms in total. The van der Waals surface area contributed by atoms with Crippen LogP contribution in [0, 0.1) is 18.3 Å². The first-order valence-corrected chi connectivity index (χ1v) is 14.8. The van der Waals surface area contributed by atoms with Crippen molar-refractivity contribution in [1.82, 2.24) is 24.8 Å². The number of carbonyl (C=O) groups is 1. The molecule has 10 heteroatoms. The maximum Gasteiger partial charge on any atom is 0.318 e. The summed E-state index contributed by atoms with van der Waals surface area (Å²) in [5.41, 5.74) is 4.39. The minimum Gasteiger partial charge on any atom is -0.462 e. The Labute approximate surface area is 247 Å². The number of aryl methyl sites for hydroxylation is 1. The molecule has 0 saturated carbocycles. The third kappa shape index (κ3) is 5.37. The first-order valence-electron chi connectivity index (χ1n) is 14.8. The first-order chi connectivity index (χ1) is 20.5. The van der Waals surface area contributed by atoms with Crippen LogP contribution in [0.25, 0.3) is 10.8 Å². The number of likely N-dealkylation sites (N-methyl/N-ethyl adjacent to an activating group) is 1. The molecule has 0 radical (unpaired) electrons. The van der Waals surface area contributed by atoms with Gasteiger partial charge in [-0.3, -0.25) is 9.78 Å². The van der Waals surface area contributed by atoms with Crippen molar-refractivity contribution in [3.05, 3.63) is 60.1 Å². The van der Waals surface area contributed by atoms with Crippen LogP contribution in [0.15, 0.2) is 43.2 Å². The van der Waals surface area contributed by atoms with Gasteiger partial charge >= 0.3 is 6.01 Å². The third-order valence-electron chi connectivity index (χ3n) is 8.98. The molecule has 42 heavy (non-hydrogen) atoms. The monoisotopic (exact) mass is 568 g/mol. The van der Waals surface area contributed by atoms with E-state index in [9.17, 15) is 10.1 Å². The van der Waals surface area contributed by atoms with Crippen LogP contribution in [0.4, 0.5) is 11.5 Å². The summed E-state index contributed by atoms with van der Waals surface area (Å²) in [6, 6.07) is 9.09. The summed E-state index contributed by atoms with van der Waals surface area (Å²) >= 11 is 0. The van der Waals surface area contributed by atoms with Gasteiger partial charge in [-0.2, -0.15) is 15.2 Å². The van der Waals surface area contributed by atoms with Crippen molar-refractivity contribution in [2.75, 3.05) is 56.2 Å². The summed E-state index contributed by atoms with van der Waals surface area (Å²) in [5, 5.41) is 11.9. The van der Waals surface area contributed by atoms with Crippen LogP contribution in [0.3, 0.4) is 0 Å². The highest BCUT2D eigenvalue weighted by Crippen LogP contribution is 2.35. The highest BCUT2D eigenvalue weighted by atomic mass is 16.5. The number of hydrogen-bond donors (Lipinski definition) is 0. The predicted octanol–water partition coefficient (Wildman–Crippen LogP) is 3.49. The highest BCUT2D eigenvalue weighted by Gasteiger charge is 2.33. The smallest absolute Gasteiger partial charge is 0.318 e. The minimum atomic E-state index is -0.235. The lowest BCUT2D eigenvalue weighted by atomic mass is 10.0.